The minimum Gasteiger partial charge on any atom is -0.361 e. The fourth-order valence-electron chi connectivity index (χ4n) is 3.57. The quantitative estimate of drug-likeness (QED) is 0.676. The molecule has 28 heavy (non-hydrogen) atoms. The molecule has 1 aliphatic rings. The number of hydrogen-bond acceptors (Lipinski definition) is 2. The number of aromatic amines is 1. The van der Waals surface area contributed by atoms with Gasteiger partial charge >= 0.3 is 0 Å². The molecule has 0 radical (unpaired) electrons. The minimum absolute atomic E-state index is 0.0375. The zero-order valence-electron chi connectivity index (χ0n) is 15.5. The smallest absolute Gasteiger partial charge is 0.254 e. The summed E-state index contributed by atoms with van der Waals surface area (Å²) in [5, 5.41) is 4.52. The summed E-state index contributed by atoms with van der Waals surface area (Å²) in [6.45, 7) is 2.64. The van der Waals surface area contributed by atoms with E-state index < -0.39 is 0 Å². The van der Waals surface area contributed by atoms with Gasteiger partial charge in [0.2, 0.25) is 5.91 Å². The third-order valence-corrected chi connectivity index (χ3v) is 5.15. The van der Waals surface area contributed by atoms with E-state index in [1.54, 1.807) is 24.3 Å². The number of anilines is 1. The van der Waals surface area contributed by atoms with Crippen molar-refractivity contribution in [3.63, 3.8) is 0 Å². The van der Waals surface area contributed by atoms with E-state index in [0.717, 1.165) is 22.9 Å². The van der Waals surface area contributed by atoms with Crippen LogP contribution >= 0.6 is 11.6 Å². The molecule has 2 aromatic carbocycles. The number of halogens is 1. The number of amides is 2. The fraction of sp³-hybridized carbons (Fsp3) is 0.182. The Morgan fingerprint density at radius 2 is 2.04 bits per heavy atom. The second kappa shape index (κ2) is 7.52. The number of H-pyrrole nitrogens is 1. The van der Waals surface area contributed by atoms with Crippen molar-refractivity contribution in [1.82, 2.24) is 9.88 Å². The van der Waals surface area contributed by atoms with E-state index in [9.17, 15) is 9.59 Å². The zero-order chi connectivity index (χ0) is 19.7. The molecule has 0 spiro atoms. The third kappa shape index (κ3) is 3.66. The van der Waals surface area contributed by atoms with E-state index >= 15 is 0 Å². The average Bonchev–Trinajstić information content (AvgIpc) is 3.10. The molecule has 1 aromatic heterocycles. The molecule has 142 valence electrons. The highest BCUT2D eigenvalue weighted by Crippen LogP contribution is 2.31. The molecule has 2 N–H and O–H groups in total. The molecular weight excluding hydrogens is 374 g/mol. The van der Waals surface area contributed by atoms with Gasteiger partial charge in [0.1, 0.15) is 0 Å². The molecule has 2 heterocycles. The maximum Gasteiger partial charge on any atom is 0.254 e. The number of fused-ring (bicyclic) bond motifs is 1. The SMILES string of the molecule is CC(=O)Nc1cccc(C(=O)N2CC=C(c3c[nH]c4ccc(Cl)cc34)CC2)c1. The number of rotatable bonds is 3. The Morgan fingerprint density at radius 3 is 2.79 bits per heavy atom. The largest absolute Gasteiger partial charge is 0.361 e. The van der Waals surface area contributed by atoms with Crippen molar-refractivity contribution in [3.8, 4) is 0 Å². The van der Waals surface area contributed by atoms with Crippen molar-refractivity contribution >= 4 is 45.6 Å². The van der Waals surface area contributed by atoms with Crippen LogP contribution in [0.3, 0.4) is 0 Å². The topological polar surface area (TPSA) is 65.2 Å². The van der Waals surface area contributed by atoms with Crippen LogP contribution in [0.25, 0.3) is 16.5 Å². The van der Waals surface area contributed by atoms with Crippen LogP contribution in [0, 0.1) is 0 Å². The van der Waals surface area contributed by atoms with E-state index in [2.05, 4.69) is 16.4 Å². The van der Waals surface area contributed by atoms with Crippen LogP contribution in [0.1, 0.15) is 29.3 Å². The van der Waals surface area contributed by atoms with E-state index in [1.807, 2.05) is 29.3 Å². The Morgan fingerprint density at radius 1 is 1.18 bits per heavy atom. The van der Waals surface area contributed by atoms with Crippen LogP contribution in [0.15, 0.2) is 54.7 Å². The molecule has 4 rings (SSSR count). The van der Waals surface area contributed by atoms with Crippen LogP contribution in [0.2, 0.25) is 5.02 Å². The van der Waals surface area contributed by atoms with E-state index in [4.69, 9.17) is 11.6 Å². The molecule has 2 amide bonds. The molecule has 0 bridgehead atoms. The Hall–Kier alpha value is -3.05. The summed E-state index contributed by atoms with van der Waals surface area (Å²) < 4.78 is 0. The lowest BCUT2D eigenvalue weighted by Crippen LogP contribution is -2.34. The predicted octanol–water partition coefficient (Wildman–Crippen LogP) is 4.71. The van der Waals surface area contributed by atoms with E-state index in [1.165, 1.54) is 12.5 Å². The standard InChI is InChI=1S/C22H20ClN3O2/c1-14(27)25-18-4-2-3-16(11-18)22(28)26-9-7-15(8-10-26)20-13-24-21-6-5-17(23)12-19(20)21/h2-7,11-13,24H,8-10H2,1H3,(H,25,27). The Balaban J connectivity index is 1.53. The number of hydrogen-bond donors (Lipinski definition) is 2. The normalized spacial score (nSPS) is 14.1. The number of aromatic nitrogens is 1. The van der Waals surface area contributed by atoms with Gasteiger partial charge in [0.05, 0.1) is 0 Å². The number of nitrogens with one attached hydrogen (secondary N) is 2. The van der Waals surface area contributed by atoms with Crippen molar-refractivity contribution < 1.29 is 9.59 Å². The van der Waals surface area contributed by atoms with Gasteiger partial charge in [-0.3, -0.25) is 9.59 Å². The molecule has 5 nitrogen and oxygen atoms in total. The number of carbonyl (C=O) groups excluding carboxylic acids is 2. The summed E-state index contributed by atoms with van der Waals surface area (Å²) in [5.41, 5.74) is 4.60. The molecule has 1 aliphatic heterocycles. The van der Waals surface area contributed by atoms with Crippen LogP contribution < -0.4 is 5.32 Å². The highest BCUT2D eigenvalue weighted by Gasteiger charge is 2.21. The Kier molecular flexibility index (Phi) is 4.92. The molecule has 0 aliphatic carbocycles. The van der Waals surface area contributed by atoms with Crippen molar-refractivity contribution in [1.29, 1.82) is 0 Å². The summed E-state index contributed by atoms with van der Waals surface area (Å²) in [4.78, 5) is 29.2. The van der Waals surface area contributed by atoms with E-state index in [0.29, 0.717) is 29.4 Å². The first kappa shape index (κ1) is 18.3. The second-order valence-corrected chi connectivity index (χ2v) is 7.32. The average molecular weight is 394 g/mol. The molecule has 6 heteroatoms. The van der Waals surface area contributed by atoms with Gasteiger partial charge in [0, 0.05) is 58.9 Å². The molecule has 0 unspecified atom stereocenters. The van der Waals surface area contributed by atoms with Gasteiger partial charge in [0.25, 0.3) is 5.91 Å². The molecular formula is C22H20ClN3O2. The molecule has 0 saturated heterocycles. The summed E-state index contributed by atoms with van der Waals surface area (Å²) in [5.74, 6) is -0.196. The monoisotopic (exact) mass is 393 g/mol. The van der Waals surface area contributed by atoms with Gasteiger partial charge in [-0.1, -0.05) is 23.7 Å². The highest BCUT2D eigenvalue weighted by molar-refractivity contribution is 6.31. The molecule has 0 atom stereocenters. The second-order valence-electron chi connectivity index (χ2n) is 6.88. The number of nitrogens with zero attached hydrogens (tertiary/aromatic N) is 1. The van der Waals surface area contributed by atoms with Crippen LogP contribution in [-0.4, -0.2) is 34.8 Å². The molecule has 3 aromatic rings. The first-order valence-corrected chi connectivity index (χ1v) is 9.52. The lowest BCUT2D eigenvalue weighted by atomic mass is 9.98. The Labute approximate surface area is 168 Å². The summed E-state index contributed by atoms with van der Waals surface area (Å²) in [6.07, 6.45) is 4.88. The maximum absolute atomic E-state index is 12.8. The van der Waals surface area contributed by atoms with Gasteiger partial charge in [-0.2, -0.15) is 0 Å². The summed E-state index contributed by atoms with van der Waals surface area (Å²) in [6, 6.07) is 12.8. The van der Waals surface area contributed by atoms with Gasteiger partial charge < -0.3 is 15.2 Å². The van der Waals surface area contributed by atoms with Crippen molar-refractivity contribution in [2.45, 2.75) is 13.3 Å². The van der Waals surface area contributed by atoms with Crippen LogP contribution in [-0.2, 0) is 4.79 Å². The van der Waals surface area contributed by atoms with Crippen molar-refractivity contribution in [2.75, 3.05) is 18.4 Å². The summed E-state index contributed by atoms with van der Waals surface area (Å²) in [7, 11) is 0. The van der Waals surface area contributed by atoms with Gasteiger partial charge in [0.15, 0.2) is 0 Å². The van der Waals surface area contributed by atoms with Crippen molar-refractivity contribution in [2.24, 2.45) is 0 Å². The Bertz CT molecular complexity index is 1100. The first-order valence-electron chi connectivity index (χ1n) is 9.14. The highest BCUT2D eigenvalue weighted by atomic mass is 35.5. The van der Waals surface area contributed by atoms with Crippen molar-refractivity contribution in [3.05, 3.63) is 70.9 Å². The third-order valence-electron chi connectivity index (χ3n) is 4.92. The predicted molar refractivity (Wildman–Crippen MR) is 113 cm³/mol. The number of benzene rings is 2. The minimum atomic E-state index is -0.158. The molecule has 0 fully saturated rings. The van der Waals surface area contributed by atoms with Crippen LogP contribution in [0.5, 0.6) is 0 Å². The fourth-order valence-corrected chi connectivity index (χ4v) is 3.74. The lowest BCUT2D eigenvalue weighted by molar-refractivity contribution is -0.114. The zero-order valence-corrected chi connectivity index (χ0v) is 16.2. The summed E-state index contributed by atoms with van der Waals surface area (Å²) >= 11 is 6.15. The van der Waals surface area contributed by atoms with E-state index in [-0.39, 0.29) is 11.8 Å². The van der Waals surface area contributed by atoms with Crippen LogP contribution in [0.4, 0.5) is 5.69 Å². The molecule has 0 saturated carbocycles. The van der Waals surface area contributed by atoms with Gasteiger partial charge in [-0.25, -0.2) is 0 Å². The first-order chi connectivity index (χ1) is 13.5. The van der Waals surface area contributed by atoms with Gasteiger partial charge in [-0.05, 0) is 48.4 Å². The van der Waals surface area contributed by atoms with Gasteiger partial charge in [-0.15, -0.1) is 0 Å². The lowest BCUT2D eigenvalue weighted by Gasteiger charge is -2.26. The maximum atomic E-state index is 12.8. The number of carbonyl (C=O) groups is 2.